The van der Waals surface area contributed by atoms with E-state index in [9.17, 15) is 32.3 Å². The van der Waals surface area contributed by atoms with Crippen LogP contribution >= 0.6 is 0 Å². The number of benzene rings is 1. The minimum atomic E-state index is -5.25. The number of anilines is 2. The number of rotatable bonds is 14. The summed E-state index contributed by atoms with van der Waals surface area (Å²) in [5.74, 6) is -4.44. The number of hydrogen-bond donors (Lipinski definition) is 5. The van der Waals surface area contributed by atoms with Gasteiger partial charge in [-0.25, -0.2) is 15.4 Å². The molecule has 3 aromatic rings. The summed E-state index contributed by atoms with van der Waals surface area (Å²) in [7, 11) is 0. The SMILES string of the molecule is CC(C)C(=O)Nc1nc2ncc(CN(C(=O)C(F)(F)F)c3ccc(C(=O)NNCCOC4(OCCN)CCCC4)cc3)nc2c(=O)[nH]1. The van der Waals surface area contributed by atoms with Crippen molar-refractivity contribution in [2.75, 3.05) is 36.5 Å². The minimum absolute atomic E-state index is 0.101. The highest BCUT2D eigenvalue weighted by Gasteiger charge is 2.43. The molecule has 3 amide bonds. The van der Waals surface area contributed by atoms with Gasteiger partial charge in [0.2, 0.25) is 11.9 Å². The molecule has 0 saturated heterocycles. The zero-order chi connectivity index (χ0) is 34.2. The van der Waals surface area contributed by atoms with Crippen molar-refractivity contribution < 1.29 is 37.0 Å². The molecule has 0 radical (unpaired) electrons. The van der Waals surface area contributed by atoms with Crippen molar-refractivity contribution in [3.05, 3.63) is 52.1 Å². The van der Waals surface area contributed by atoms with Crippen molar-refractivity contribution in [1.29, 1.82) is 0 Å². The second kappa shape index (κ2) is 15.4. The van der Waals surface area contributed by atoms with Gasteiger partial charge in [-0.15, -0.1) is 0 Å². The van der Waals surface area contributed by atoms with Crippen LogP contribution < -0.4 is 32.4 Å². The highest BCUT2D eigenvalue weighted by atomic mass is 19.4. The van der Waals surface area contributed by atoms with Gasteiger partial charge < -0.3 is 15.2 Å². The summed E-state index contributed by atoms with van der Waals surface area (Å²) in [4.78, 5) is 64.4. The lowest BCUT2D eigenvalue weighted by atomic mass is 10.1. The van der Waals surface area contributed by atoms with Crippen molar-refractivity contribution in [3.8, 4) is 0 Å². The molecule has 47 heavy (non-hydrogen) atoms. The standard InChI is InChI=1S/C29H36F3N9O6/c1-17(2)23(42)38-27-37-22-21(25(44)39-27)36-19(15-34-22)16-41(26(45)29(30,31)32)20-7-5-18(6-8-20)24(43)40-35-12-14-47-28(46-13-11-33)9-3-4-10-28/h5-8,15,17,35H,3-4,9-14,16,33H2,1-2H3,(H,40,43)(H2,34,37,38,39,42,44). The highest BCUT2D eigenvalue weighted by molar-refractivity contribution is 5.98. The summed E-state index contributed by atoms with van der Waals surface area (Å²) in [6.45, 7) is 3.81. The maximum atomic E-state index is 13.6. The first-order valence-corrected chi connectivity index (χ1v) is 14.9. The largest absolute Gasteiger partial charge is 0.471 e. The van der Waals surface area contributed by atoms with Crippen LogP contribution in [0.3, 0.4) is 0 Å². The molecule has 0 unspecified atom stereocenters. The quantitative estimate of drug-likeness (QED) is 0.0956. The Bertz CT molecular complexity index is 1630. The first kappa shape index (κ1) is 35.3. The van der Waals surface area contributed by atoms with E-state index in [2.05, 4.69) is 36.1 Å². The van der Waals surface area contributed by atoms with E-state index in [1.807, 2.05) is 0 Å². The van der Waals surface area contributed by atoms with Crippen molar-refractivity contribution in [1.82, 2.24) is 30.8 Å². The summed E-state index contributed by atoms with van der Waals surface area (Å²) in [6.07, 6.45) is -0.724. The molecule has 1 aromatic carbocycles. The lowest BCUT2D eigenvalue weighted by Crippen LogP contribution is -2.42. The smallest absolute Gasteiger partial charge is 0.349 e. The van der Waals surface area contributed by atoms with E-state index >= 15 is 0 Å². The Morgan fingerprint density at radius 3 is 2.40 bits per heavy atom. The van der Waals surface area contributed by atoms with Gasteiger partial charge in [0.05, 0.1) is 31.6 Å². The van der Waals surface area contributed by atoms with Crippen LogP contribution in [0.2, 0.25) is 0 Å². The predicted molar refractivity (Wildman–Crippen MR) is 163 cm³/mol. The molecule has 1 saturated carbocycles. The number of alkyl halides is 3. The maximum absolute atomic E-state index is 13.6. The van der Waals surface area contributed by atoms with Crippen LogP contribution in [0.15, 0.2) is 35.3 Å². The molecule has 1 aliphatic carbocycles. The third kappa shape index (κ3) is 9.28. The van der Waals surface area contributed by atoms with Gasteiger partial charge in [0, 0.05) is 43.1 Å². The van der Waals surface area contributed by atoms with Gasteiger partial charge in [-0.05, 0) is 37.1 Å². The van der Waals surface area contributed by atoms with Gasteiger partial charge in [-0.3, -0.25) is 39.8 Å². The number of ether oxygens (including phenoxy) is 2. The lowest BCUT2D eigenvalue weighted by Gasteiger charge is -2.29. The number of nitrogens with zero attached hydrogens (tertiary/aromatic N) is 4. The Labute approximate surface area is 266 Å². The monoisotopic (exact) mass is 663 g/mol. The Kier molecular flexibility index (Phi) is 11.6. The molecule has 0 aliphatic heterocycles. The van der Waals surface area contributed by atoms with Crippen LogP contribution in [0.25, 0.3) is 11.2 Å². The average Bonchev–Trinajstić information content (AvgIpc) is 3.50. The third-order valence-electron chi connectivity index (χ3n) is 7.13. The van der Waals surface area contributed by atoms with Crippen molar-refractivity contribution in [2.24, 2.45) is 11.7 Å². The van der Waals surface area contributed by atoms with Crippen molar-refractivity contribution in [3.63, 3.8) is 0 Å². The number of hydrogen-bond acceptors (Lipinski definition) is 11. The lowest BCUT2D eigenvalue weighted by molar-refractivity contribution is -0.230. The van der Waals surface area contributed by atoms with E-state index in [0.29, 0.717) is 18.1 Å². The summed E-state index contributed by atoms with van der Waals surface area (Å²) >= 11 is 0. The van der Waals surface area contributed by atoms with Crippen LogP contribution in [-0.4, -0.2) is 75.9 Å². The topological polar surface area (TPSA) is 207 Å². The fraction of sp³-hybridized carbons (Fsp3) is 0.483. The number of carbonyl (C=O) groups excluding carboxylic acids is 3. The average molecular weight is 664 g/mol. The molecule has 2 heterocycles. The van der Waals surface area contributed by atoms with E-state index in [4.69, 9.17) is 15.2 Å². The van der Waals surface area contributed by atoms with Crippen LogP contribution in [0.5, 0.6) is 0 Å². The molecule has 6 N–H and O–H groups in total. The van der Waals surface area contributed by atoms with Gasteiger partial charge in [-0.2, -0.15) is 18.2 Å². The van der Waals surface area contributed by atoms with Gasteiger partial charge in [0.25, 0.3) is 11.5 Å². The number of carbonyl (C=O) groups is 3. The molecule has 1 aliphatic rings. The van der Waals surface area contributed by atoms with Gasteiger partial charge in [0.1, 0.15) is 0 Å². The summed E-state index contributed by atoms with van der Waals surface area (Å²) in [5.41, 5.74) is 9.24. The van der Waals surface area contributed by atoms with Crippen molar-refractivity contribution >= 4 is 40.5 Å². The molecule has 4 rings (SSSR count). The third-order valence-corrected chi connectivity index (χ3v) is 7.13. The molecule has 0 atom stereocenters. The number of halogens is 3. The zero-order valence-electron chi connectivity index (χ0n) is 25.8. The molecule has 0 bridgehead atoms. The zero-order valence-corrected chi connectivity index (χ0v) is 25.8. The predicted octanol–water partition coefficient (Wildman–Crippen LogP) is 1.90. The van der Waals surface area contributed by atoms with Crippen LogP contribution in [0, 0.1) is 5.92 Å². The number of amides is 3. The number of nitrogens with two attached hydrogens (primary N) is 1. The Hall–Kier alpha value is -4.52. The second-order valence-corrected chi connectivity index (χ2v) is 11.0. The molecule has 1 fully saturated rings. The second-order valence-electron chi connectivity index (χ2n) is 11.0. The molecule has 254 valence electrons. The van der Waals surface area contributed by atoms with E-state index < -0.39 is 47.7 Å². The van der Waals surface area contributed by atoms with Crippen LogP contribution in [0.1, 0.15) is 55.6 Å². The van der Waals surface area contributed by atoms with Gasteiger partial charge in [0.15, 0.2) is 17.0 Å². The number of aromatic amines is 1. The van der Waals surface area contributed by atoms with Gasteiger partial charge >= 0.3 is 12.1 Å². The fourth-order valence-electron chi connectivity index (χ4n) is 4.73. The Morgan fingerprint density at radius 1 is 1.09 bits per heavy atom. The Balaban J connectivity index is 1.42. The molecular formula is C29H36F3N9O6. The molecule has 18 heteroatoms. The van der Waals surface area contributed by atoms with E-state index in [0.717, 1.165) is 31.9 Å². The summed E-state index contributed by atoms with van der Waals surface area (Å²) in [5, 5.41) is 2.42. The highest BCUT2D eigenvalue weighted by Crippen LogP contribution is 2.34. The maximum Gasteiger partial charge on any atom is 0.471 e. The number of H-pyrrole nitrogens is 1. The summed E-state index contributed by atoms with van der Waals surface area (Å²) in [6, 6.07) is 4.85. The molecular weight excluding hydrogens is 627 g/mol. The van der Waals surface area contributed by atoms with Crippen molar-refractivity contribution in [2.45, 2.75) is 58.0 Å². The number of aromatic nitrogens is 4. The van der Waals surface area contributed by atoms with Gasteiger partial charge in [-0.1, -0.05) is 13.8 Å². The van der Waals surface area contributed by atoms with E-state index in [-0.39, 0.29) is 47.2 Å². The molecule has 15 nitrogen and oxygen atoms in total. The molecule has 0 spiro atoms. The normalized spacial score (nSPS) is 14.4. The fourth-order valence-corrected chi connectivity index (χ4v) is 4.73. The minimum Gasteiger partial charge on any atom is -0.349 e. The first-order valence-electron chi connectivity index (χ1n) is 14.9. The van der Waals surface area contributed by atoms with E-state index in [1.54, 1.807) is 13.8 Å². The number of nitrogens with one attached hydrogen (secondary N) is 4. The number of fused-ring (bicyclic) bond motifs is 1. The van der Waals surface area contributed by atoms with Crippen LogP contribution in [-0.2, 0) is 25.6 Å². The van der Waals surface area contributed by atoms with E-state index in [1.165, 1.54) is 24.3 Å². The Morgan fingerprint density at radius 2 is 1.77 bits per heavy atom. The van der Waals surface area contributed by atoms with Crippen LogP contribution in [0.4, 0.5) is 24.8 Å². The first-order chi connectivity index (χ1) is 22.3. The summed E-state index contributed by atoms with van der Waals surface area (Å²) < 4.78 is 52.4. The molecule has 2 aromatic heterocycles. The number of hydrazine groups is 1.